The minimum atomic E-state index is -0.325. The van der Waals surface area contributed by atoms with Gasteiger partial charge in [0.25, 0.3) is 5.22 Å². The molecule has 120 valence electrons. The molecule has 0 radical (unpaired) electrons. The van der Waals surface area contributed by atoms with E-state index in [9.17, 15) is 9.59 Å². The van der Waals surface area contributed by atoms with Crippen LogP contribution in [0.25, 0.3) is 0 Å². The molecule has 3 rings (SSSR count). The minimum Gasteiger partial charge on any atom is -0.416 e. The number of rotatable bonds is 6. The van der Waals surface area contributed by atoms with Crippen molar-refractivity contribution < 1.29 is 14.0 Å². The van der Waals surface area contributed by atoms with E-state index < -0.39 is 0 Å². The highest BCUT2D eigenvalue weighted by Crippen LogP contribution is 2.40. The number of ketones is 1. The van der Waals surface area contributed by atoms with Crippen molar-refractivity contribution in [3.63, 3.8) is 0 Å². The number of nitrogens with one attached hydrogen (secondary N) is 1. The van der Waals surface area contributed by atoms with Gasteiger partial charge < -0.3 is 9.73 Å². The molecule has 1 saturated carbocycles. The number of carbonyl (C=O) groups is 2. The SMILES string of the molecule is CC(=O)Nc1ccc(C(=O)[C@@H](C)Sc2nnc(C3CC3)o2)cc1. The lowest BCUT2D eigenvalue weighted by molar-refractivity contribution is -0.114. The Kier molecular flexibility index (Phi) is 4.47. The summed E-state index contributed by atoms with van der Waals surface area (Å²) in [6.07, 6.45) is 2.20. The second kappa shape index (κ2) is 6.54. The molecule has 0 bridgehead atoms. The number of Topliss-reactive ketones (excluding diaryl/α,β-unsaturated/α-hetero) is 1. The molecule has 1 heterocycles. The van der Waals surface area contributed by atoms with Gasteiger partial charge in [0.05, 0.1) is 5.25 Å². The summed E-state index contributed by atoms with van der Waals surface area (Å²) in [7, 11) is 0. The molecule has 1 aliphatic rings. The number of carbonyl (C=O) groups excluding carboxylic acids is 2. The highest BCUT2D eigenvalue weighted by Gasteiger charge is 2.30. The van der Waals surface area contributed by atoms with E-state index >= 15 is 0 Å². The number of hydrogen-bond donors (Lipinski definition) is 1. The van der Waals surface area contributed by atoms with Crippen LogP contribution < -0.4 is 5.32 Å². The standard InChI is InChI=1S/C16H17N3O3S/c1-9(23-16-19-18-15(22-16)12-3-4-12)14(21)11-5-7-13(8-6-11)17-10(2)20/h5-9,12H,3-4H2,1-2H3,(H,17,20)/t9-/m1/s1. The number of benzene rings is 1. The average Bonchev–Trinajstić information content (AvgIpc) is 3.27. The first-order valence-electron chi connectivity index (χ1n) is 7.45. The van der Waals surface area contributed by atoms with E-state index in [0.717, 1.165) is 12.8 Å². The molecule has 1 aliphatic carbocycles. The van der Waals surface area contributed by atoms with Crippen LogP contribution in [0.3, 0.4) is 0 Å². The van der Waals surface area contributed by atoms with Gasteiger partial charge >= 0.3 is 0 Å². The van der Waals surface area contributed by atoms with E-state index in [1.165, 1.54) is 18.7 Å². The van der Waals surface area contributed by atoms with E-state index in [-0.39, 0.29) is 16.9 Å². The molecule has 2 aromatic rings. The molecule has 0 spiro atoms. The summed E-state index contributed by atoms with van der Waals surface area (Å²) in [5, 5.41) is 10.8. The zero-order valence-electron chi connectivity index (χ0n) is 12.9. The summed E-state index contributed by atoms with van der Waals surface area (Å²) in [5.41, 5.74) is 1.25. The monoisotopic (exact) mass is 331 g/mol. The summed E-state index contributed by atoms with van der Waals surface area (Å²) >= 11 is 1.27. The molecule has 7 heteroatoms. The maximum Gasteiger partial charge on any atom is 0.277 e. The molecule has 1 aromatic heterocycles. The van der Waals surface area contributed by atoms with Gasteiger partial charge in [-0.3, -0.25) is 9.59 Å². The van der Waals surface area contributed by atoms with Gasteiger partial charge in [-0.1, -0.05) is 11.8 Å². The van der Waals surface area contributed by atoms with Crippen molar-refractivity contribution in [2.75, 3.05) is 5.32 Å². The third-order valence-corrected chi connectivity index (χ3v) is 4.42. The molecule has 1 aromatic carbocycles. The van der Waals surface area contributed by atoms with Crippen LogP contribution in [0.4, 0.5) is 5.69 Å². The van der Waals surface area contributed by atoms with Gasteiger partial charge in [-0.15, -0.1) is 10.2 Å². The zero-order chi connectivity index (χ0) is 16.4. The summed E-state index contributed by atoms with van der Waals surface area (Å²) in [4.78, 5) is 23.4. The van der Waals surface area contributed by atoms with E-state index in [1.54, 1.807) is 24.3 Å². The molecule has 0 aliphatic heterocycles. The van der Waals surface area contributed by atoms with Crippen molar-refractivity contribution in [2.24, 2.45) is 0 Å². The molecule has 1 amide bonds. The van der Waals surface area contributed by atoms with E-state index in [2.05, 4.69) is 15.5 Å². The second-order valence-corrected chi connectivity index (χ2v) is 6.86. The Hall–Kier alpha value is -2.15. The Labute approximate surface area is 138 Å². The summed E-state index contributed by atoms with van der Waals surface area (Å²) < 4.78 is 5.57. The minimum absolute atomic E-state index is 0.0180. The third-order valence-electron chi connectivity index (χ3n) is 3.49. The van der Waals surface area contributed by atoms with Crippen molar-refractivity contribution in [2.45, 2.75) is 43.1 Å². The summed E-state index contributed by atoms with van der Waals surface area (Å²) in [6.45, 7) is 3.26. The molecule has 0 unspecified atom stereocenters. The van der Waals surface area contributed by atoms with Gasteiger partial charge in [0.2, 0.25) is 11.8 Å². The second-order valence-electron chi connectivity index (χ2n) is 5.56. The Morgan fingerprint density at radius 1 is 1.26 bits per heavy atom. The van der Waals surface area contributed by atoms with Gasteiger partial charge in [-0.05, 0) is 44.0 Å². The molecular formula is C16H17N3O3S. The van der Waals surface area contributed by atoms with Crippen molar-refractivity contribution in [1.29, 1.82) is 0 Å². The fraction of sp³-hybridized carbons (Fsp3) is 0.375. The van der Waals surface area contributed by atoms with Gasteiger partial charge in [0, 0.05) is 24.1 Å². The van der Waals surface area contributed by atoms with Gasteiger partial charge in [-0.2, -0.15) is 0 Å². The van der Waals surface area contributed by atoms with Crippen molar-refractivity contribution in [1.82, 2.24) is 10.2 Å². The summed E-state index contributed by atoms with van der Waals surface area (Å²) in [6, 6.07) is 6.83. The number of nitrogens with zero attached hydrogens (tertiary/aromatic N) is 2. The van der Waals surface area contributed by atoms with Gasteiger partial charge in [0.1, 0.15) is 0 Å². The fourth-order valence-corrected chi connectivity index (χ4v) is 2.89. The van der Waals surface area contributed by atoms with Gasteiger partial charge in [-0.25, -0.2) is 0 Å². The van der Waals surface area contributed by atoms with E-state index in [1.807, 2.05) is 6.92 Å². The van der Waals surface area contributed by atoms with Crippen LogP contribution in [0, 0.1) is 0 Å². The number of amides is 1. The third kappa shape index (κ3) is 3.98. The zero-order valence-corrected chi connectivity index (χ0v) is 13.7. The largest absolute Gasteiger partial charge is 0.416 e. The van der Waals surface area contributed by atoms with Crippen LogP contribution in [0.1, 0.15) is 48.9 Å². The average molecular weight is 331 g/mol. The number of thioether (sulfide) groups is 1. The molecule has 1 N–H and O–H groups in total. The van der Waals surface area contributed by atoms with Crippen LogP contribution in [0.15, 0.2) is 33.9 Å². The quantitative estimate of drug-likeness (QED) is 0.646. The summed E-state index contributed by atoms with van der Waals surface area (Å²) in [5.74, 6) is 0.919. The Morgan fingerprint density at radius 2 is 1.96 bits per heavy atom. The first kappa shape index (κ1) is 15.7. The lowest BCUT2D eigenvalue weighted by Crippen LogP contribution is -2.13. The van der Waals surface area contributed by atoms with Gasteiger partial charge in [0.15, 0.2) is 5.78 Å². The highest BCUT2D eigenvalue weighted by molar-refractivity contribution is 8.00. The fourth-order valence-electron chi connectivity index (χ4n) is 2.12. The molecular weight excluding hydrogens is 314 g/mol. The van der Waals surface area contributed by atoms with Crippen LogP contribution in [-0.4, -0.2) is 27.1 Å². The Bertz CT molecular complexity index is 722. The Balaban J connectivity index is 1.62. The lowest BCUT2D eigenvalue weighted by atomic mass is 10.1. The van der Waals surface area contributed by atoms with Crippen molar-refractivity contribution in [3.8, 4) is 0 Å². The van der Waals surface area contributed by atoms with Crippen LogP contribution in [0.2, 0.25) is 0 Å². The molecule has 1 fully saturated rings. The topological polar surface area (TPSA) is 85.1 Å². The van der Waals surface area contributed by atoms with Crippen molar-refractivity contribution in [3.05, 3.63) is 35.7 Å². The van der Waals surface area contributed by atoms with Crippen LogP contribution in [-0.2, 0) is 4.79 Å². The smallest absolute Gasteiger partial charge is 0.277 e. The van der Waals surface area contributed by atoms with E-state index in [4.69, 9.17) is 4.42 Å². The van der Waals surface area contributed by atoms with Crippen molar-refractivity contribution >= 4 is 29.1 Å². The molecule has 0 saturated heterocycles. The maximum absolute atomic E-state index is 12.4. The van der Waals surface area contributed by atoms with E-state index in [0.29, 0.717) is 28.3 Å². The van der Waals surface area contributed by atoms with Crippen LogP contribution >= 0.6 is 11.8 Å². The molecule has 1 atom stereocenters. The first-order chi connectivity index (χ1) is 11.0. The number of aromatic nitrogens is 2. The Morgan fingerprint density at radius 3 is 2.57 bits per heavy atom. The number of hydrogen-bond acceptors (Lipinski definition) is 6. The molecule has 23 heavy (non-hydrogen) atoms. The maximum atomic E-state index is 12.4. The normalized spacial score (nSPS) is 15.2. The number of anilines is 1. The van der Waals surface area contributed by atoms with Crippen LogP contribution in [0.5, 0.6) is 0 Å². The first-order valence-corrected chi connectivity index (χ1v) is 8.33. The predicted molar refractivity (Wildman–Crippen MR) is 86.7 cm³/mol. The highest BCUT2D eigenvalue weighted by atomic mass is 32.2. The molecule has 6 nitrogen and oxygen atoms in total. The predicted octanol–water partition coefficient (Wildman–Crippen LogP) is 3.27. The lowest BCUT2D eigenvalue weighted by Gasteiger charge is -2.08.